The standard InChI is InChI=1S/C12H13F3N2OS/c1-11(2,6-18)17-10-16-8-5-7(12(13,14)15)3-4-9(8)19-10/h3-5,18H,6H2,1-2H3,(H,16,17). The third kappa shape index (κ3) is 3.16. The van der Waals surface area contributed by atoms with Crippen molar-refractivity contribution >= 4 is 26.7 Å². The summed E-state index contributed by atoms with van der Waals surface area (Å²) in [6.45, 7) is 3.46. The van der Waals surface area contributed by atoms with Gasteiger partial charge in [-0.1, -0.05) is 11.3 Å². The van der Waals surface area contributed by atoms with Crippen molar-refractivity contribution in [1.82, 2.24) is 4.98 Å². The van der Waals surface area contributed by atoms with Crippen LogP contribution >= 0.6 is 11.3 Å². The van der Waals surface area contributed by atoms with E-state index < -0.39 is 17.3 Å². The third-order valence-corrected chi connectivity index (χ3v) is 3.51. The monoisotopic (exact) mass is 290 g/mol. The van der Waals surface area contributed by atoms with Gasteiger partial charge in [0.05, 0.1) is 27.9 Å². The van der Waals surface area contributed by atoms with Crippen LogP contribution in [0.5, 0.6) is 0 Å². The molecule has 0 spiro atoms. The van der Waals surface area contributed by atoms with Gasteiger partial charge in [-0.25, -0.2) is 4.98 Å². The summed E-state index contributed by atoms with van der Waals surface area (Å²) < 4.78 is 38.4. The molecule has 0 fully saturated rings. The lowest BCUT2D eigenvalue weighted by molar-refractivity contribution is -0.137. The molecule has 0 aliphatic carbocycles. The van der Waals surface area contributed by atoms with Gasteiger partial charge in [0.25, 0.3) is 0 Å². The van der Waals surface area contributed by atoms with Crippen molar-refractivity contribution in [1.29, 1.82) is 0 Å². The number of benzene rings is 1. The van der Waals surface area contributed by atoms with Crippen LogP contribution < -0.4 is 5.32 Å². The zero-order valence-electron chi connectivity index (χ0n) is 10.4. The van der Waals surface area contributed by atoms with Gasteiger partial charge in [-0.2, -0.15) is 13.2 Å². The van der Waals surface area contributed by atoms with Crippen LogP contribution in [0.4, 0.5) is 18.3 Å². The second-order valence-electron chi connectivity index (χ2n) is 4.87. The topological polar surface area (TPSA) is 45.1 Å². The van der Waals surface area contributed by atoms with E-state index in [0.717, 1.165) is 12.1 Å². The van der Waals surface area contributed by atoms with Crippen molar-refractivity contribution in [3.05, 3.63) is 23.8 Å². The number of rotatable bonds is 3. The molecule has 0 radical (unpaired) electrons. The SMILES string of the molecule is CC(C)(CO)Nc1nc2cc(C(F)(F)F)ccc2s1. The van der Waals surface area contributed by atoms with Crippen molar-refractivity contribution in [2.24, 2.45) is 0 Å². The maximum absolute atomic E-state index is 12.6. The highest BCUT2D eigenvalue weighted by Crippen LogP contribution is 2.34. The molecular formula is C12H13F3N2OS. The molecule has 104 valence electrons. The molecule has 1 heterocycles. The first-order valence-corrected chi connectivity index (χ1v) is 6.40. The first-order chi connectivity index (χ1) is 8.71. The predicted octanol–water partition coefficient (Wildman–Crippen LogP) is 3.50. The largest absolute Gasteiger partial charge is 0.416 e. The van der Waals surface area contributed by atoms with Crippen LogP contribution in [0.1, 0.15) is 19.4 Å². The molecule has 2 rings (SSSR count). The van der Waals surface area contributed by atoms with E-state index in [1.165, 1.54) is 17.4 Å². The van der Waals surface area contributed by atoms with Crippen LogP contribution in [0.3, 0.4) is 0 Å². The van der Waals surface area contributed by atoms with Gasteiger partial charge in [0.1, 0.15) is 0 Å². The molecule has 0 amide bonds. The first kappa shape index (κ1) is 14.1. The van der Waals surface area contributed by atoms with Crippen LogP contribution in [0, 0.1) is 0 Å². The van der Waals surface area contributed by atoms with Crippen molar-refractivity contribution < 1.29 is 18.3 Å². The van der Waals surface area contributed by atoms with E-state index in [9.17, 15) is 13.2 Å². The lowest BCUT2D eigenvalue weighted by Gasteiger charge is -2.22. The Morgan fingerprint density at radius 1 is 1.32 bits per heavy atom. The second-order valence-corrected chi connectivity index (χ2v) is 5.90. The predicted molar refractivity (Wildman–Crippen MR) is 69.4 cm³/mol. The average Bonchev–Trinajstić information content (AvgIpc) is 2.67. The minimum Gasteiger partial charge on any atom is -0.394 e. The van der Waals surface area contributed by atoms with Crippen molar-refractivity contribution in [3.63, 3.8) is 0 Å². The van der Waals surface area contributed by atoms with E-state index in [0.29, 0.717) is 15.3 Å². The summed E-state index contributed by atoms with van der Waals surface area (Å²) in [6.07, 6.45) is -4.37. The second kappa shape index (κ2) is 4.64. The molecule has 2 aromatic rings. The fourth-order valence-corrected chi connectivity index (χ4v) is 2.51. The molecule has 1 aromatic heterocycles. The molecule has 0 bridgehead atoms. The molecule has 0 saturated carbocycles. The van der Waals surface area contributed by atoms with Crippen LogP contribution in [0.15, 0.2) is 18.2 Å². The van der Waals surface area contributed by atoms with Crippen molar-refractivity contribution in [2.75, 3.05) is 11.9 Å². The van der Waals surface area contributed by atoms with Crippen LogP contribution in [-0.2, 0) is 6.18 Å². The minimum atomic E-state index is -4.37. The Balaban J connectivity index is 2.36. The summed E-state index contributed by atoms with van der Waals surface area (Å²) in [5.41, 5.74) is -0.977. The highest BCUT2D eigenvalue weighted by molar-refractivity contribution is 7.22. The van der Waals surface area contributed by atoms with E-state index in [1.54, 1.807) is 13.8 Å². The molecule has 0 aliphatic rings. The number of nitrogens with one attached hydrogen (secondary N) is 1. The fourth-order valence-electron chi connectivity index (χ4n) is 1.49. The van der Waals surface area contributed by atoms with Gasteiger partial charge < -0.3 is 10.4 Å². The molecule has 0 atom stereocenters. The number of hydrogen-bond donors (Lipinski definition) is 2. The highest BCUT2D eigenvalue weighted by atomic mass is 32.1. The molecule has 1 aromatic carbocycles. The Morgan fingerprint density at radius 2 is 2.00 bits per heavy atom. The Hall–Kier alpha value is -1.34. The van der Waals surface area contributed by atoms with E-state index in [2.05, 4.69) is 10.3 Å². The molecule has 19 heavy (non-hydrogen) atoms. The molecule has 3 nitrogen and oxygen atoms in total. The summed E-state index contributed by atoms with van der Waals surface area (Å²) in [6, 6.07) is 3.48. The number of halogens is 3. The van der Waals surface area contributed by atoms with Gasteiger partial charge in [-0.05, 0) is 32.0 Å². The summed E-state index contributed by atoms with van der Waals surface area (Å²) >= 11 is 1.26. The first-order valence-electron chi connectivity index (χ1n) is 5.58. The van der Waals surface area contributed by atoms with Gasteiger partial charge in [-0.15, -0.1) is 0 Å². The maximum Gasteiger partial charge on any atom is 0.416 e. The molecule has 0 aliphatic heterocycles. The normalized spacial score (nSPS) is 12.9. The number of fused-ring (bicyclic) bond motifs is 1. The molecule has 7 heteroatoms. The van der Waals surface area contributed by atoms with E-state index in [-0.39, 0.29) is 6.61 Å². The van der Waals surface area contributed by atoms with Gasteiger partial charge in [-0.3, -0.25) is 0 Å². The van der Waals surface area contributed by atoms with Crippen LogP contribution in [0.2, 0.25) is 0 Å². The fraction of sp³-hybridized carbons (Fsp3) is 0.417. The Bertz CT molecular complexity index is 592. The summed E-state index contributed by atoms with van der Waals surface area (Å²) in [4.78, 5) is 4.12. The molecule has 0 unspecified atom stereocenters. The Kier molecular flexibility index (Phi) is 3.44. The zero-order chi connectivity index (χ0) is 14.3. The number of anilines is 1. The Labute approximate surface area is 112 Å². The van der Waals surface area contributed by atoms with Gasteiger partial charge >= 0.3 is 6.18 Å². The van der Waals surface area contributed by atoms with Crippen LogP contribution in [0.25, 0.3) is 10.2 Å². The van der Waals surface area contributed by atoms with Gasteiger partial charge in [0.15, 0.2) is 5.13 Å². The lowest BCUT2D eigenvalue weighted by Crippen LogP contribution is -2.34. The number of aromatic nitrogens is 1. The molecular weight excluding hydrogens is 277 g/mol. The smallest absolute Gasteiger partial charge is 0.394 e. The number of aliphatic hydroxyl groups excluding tert-OH is 1. The molecule has 2 N–H and O–H groups in total. The number of thiazole rings is 1. The van der Waals surface area contributed by atoms with E-state index >= 15 is 0 Å². The minimum absolute atomic E-state index is 0.100. The number of hydrogen-bond acceptors (Lipinski definition) is 4. The quantitative estimate of drug-likeness (QED) is 0.909. The average molecular weight is 290 g/mol. The van der Waals surface area contributed by atoms with E-state index in [1.807, 2.05) is 0 Å². The summed E-state index contributed by atoms with van der Waals surface area (Å²) in [5, 5.41) is 12.6. The third-order valence-electron chi connectivity index (χ3n) is 2.56. The summed E-state index contributed by atoms with van der Waals surface area (Å²) in [7, 11) is 0. The van der Waals surface area contributed by atoms with Crippen LogP contribution in [-0.4, -0.2) is 22.2 Å². The Morgan fingerprint density at radius 3 is 2.58 bits per heavy atom. The number of alkyl halides is 3. The van der Waals surface area contributed by atoms with Gasteiger partial charge in [0, 0.05) is 0 Å². The van der Waals surface area contributed by atoms with Crippen molar-refractivity contribution in [3.8, 4) is 0 Å². The van der Waals surface area contributed by atoms with Crippen molar-refractivity contribution in [2.45, 2.75) is 25.6 Å². The van der Waals surface area contributed by atoms with E-state index in [4.69, 9.17) is 5.11 Å². The number of nitrogens with zero attached hydrogens (tertiary/aromatic N) is 1. The molecule has 0 saturated heterocycles. The zero-order valence-corrected chi connectivity index (χ0v) is 11.2. The summed E-state index contributed by atoms with van der Waals surface area (Å²) in [5.74, 6) is 0. The maximum atomic E-state index is 12.6. The lowest BCUT2D eigenvalue weighted by atomic mass is 10.1. The number of aliphatic hydroxyl groups is 1. The van der Waals surface area contributed by atoms with Gasteiger partial charge in [0.2, 0.25) is 0 Å². The highest BCUT2D eigenvalue weighted by Gasteiger charge is 2.30.